The topological polar surface area (TPSA) is 51.0 Å². The van der Waals surface area contributed by atoms with Crippen LogP contribution >= 0.6 is 0 Å². The van der Waals surface area contributed by atoms with Gasteiger partial charge in [-0.3, -0.25) is 4.79 Å². The molecule has 0 N–H and O–H groups in total. The van der Waals surface area contributed by atoms with Crippen molar-refractivity contribution in [1.29, 1.82) is 0 Å². The van der Waals surface area contributed by atoms with Gasteiger partial charge in [0.1, 0.15) is 18.0 Å². The molecule has 1 aromatic heterocycles. The van der Waals surface area contributed by atoms with Gasteiger partial charge < -0.3 is 9.47 Å². The fourth-order valence-electron chi connectivity index (χ4n) is 4.60. The highest BCUT2D eigenvalue weighted by Crippen LogP contribution is 2.52. The van der Waals surface area contributed by atoms with Crippen LogP contribution in [0.25, 0.3) is 0 Å². The van der Waals surface area contributed by atoms with Crippen molar-refractivity contribution >= 4 is 5.91 Å². The van der Waals surface area contributed by atoms with E-state index < -0.39 is 0 Å². The van der Waals surface area contributed by atoms with Crippen molar-refractivity contribution in [2.75, 3.05) is 13.1 Å². The van der Waals surface area contributed by atoms with Crippen LogP contribution in [0.15, 0.2) is 30.6 Å². The summed E-state index contributed by atoms with van der Waals surface area (Å²) in [7, 11) is 1.97. The second-order valence-corrected chi connectivity index (χ2v) is 7.50. The van der Waals surface area contributed by atoms with Gasteiger partial charge in [0.15, 0.2) is 0 Å². The summed E-state index contributed by atoms with van der Waals surface area (Å²) in [6, 6.07) is 6.20. The number of rotatable bonds is 3. The predicted molar refractivity (Wildman–Crippen MR) is 91.3 cm³/mol. The molecule has 2 heterocycles. The van der Waals surface area contributed by atoms with E-state index >= 15 is 0 Å². The van der Waals surface area contributed by atoms with Crippen molar-refractivity contribution in [2.24, 2.45) is 12.5 Å². The summed E-state index contributed by atoms with van der Waals surface area (Å²) in [5.74, 6) is 1.07. The molecule has 2 aliphatic rings. The van der Waals surface area contributed by atoms with Crippen LogP contribution < -0.4 is 0 Å². The highest BCUT2D eigenvalue weighted by molar-refractivity contribution is 5.79. The summed E-state index contributed by atoms with van der Waals surface area (Å²) in [5, 5.41) is 8.38. The number of carbonyl (C=O) groups is 1. The molecule has 1 aliphatic heterocycles. The molecule has 1 aliphatic carbocycles. The van der Waals surface area contributed by atoms with E-state index in [-0.39, 0.29) is 23.1 Å². The predicted octanol–water partition coefficient (Wildman–Crippen LogP) is 2.68. The van der Waals surface area contributed by atoms with Gasteiger partial charge in [0, 0.05) is 26.1 Å². The monoisotopic (exact) mass is 342 g/mol. The molecule has 0 radical (unpaired) electrons. The van der Waals surface area contributed by atoms with Crippen LogP contribution in [-0.2, 0) is 18.3 Å². The number of hydrogen-bond acceptors (Lipinski definition) is 3. The van der Waals surface area contributed by atoms with Crippen LogP contribution in [0, 0.1) is 11.2 Å². The van der Waals surface area contributed by atoms with Crippen LogP contribution in [0.4, 0.5) is 4.39 Å². The normalized spacial score (nSPS) is 22.0. The lowest BCUT2D eigenvalue weighted by molar-refractivity contribution is -0.129. The molecule has 1 amide bonds. The Labute approximate surface area is 146 Å². The van der Waals surface area contributed by atoms with Gasteiger partial charge in [-0.05, 0) is 36.0 Å². The first-order valence-electron chi connectivity index (χ1n) is 8.93. The number of benzene rings is 1. The molecule has 6 heteroatoms. The van der Waals surface area contributed by atoms with E-state index in [2.05, 4.69) is 10.2 Å². The summed E-state index contributed by atoms with van der Waals surface area (Å²) in [5.41, 5.74) is 0.994. The minimum Gasteiger partial charge on any atom is -0.341 e. The molecule has 5 nitrogen and oxygen atoms in total. The Morgan fingerprint density at radius 1 is 1.28 bits per heavy atom. The first-order valence-corrected chi connectivity index (χ1v) is 8.93. The number of halogens is 1. The van der Waals surface area contributed by atoms with Crippen molar-refractivity contribution < 1.29 is 9.18 Å². The van der Waals surface area contributed by atoms with Crippen molar-refractivity contribution in [3.05, 3.63) is 47.8 Å². The lowest BCUT2D eigenvalue weighted by atomic mass is 9.76. The first kappa shape index (κ1) is 16.2. The number of aromatic nitrogens is 3. The minimum atomic E-state index is -0.273. The lowest BCUT2D eigenvalue weighted by Gasteiger charge is -2.28. The smallest absolute Gasteiger partial charge is 0.227 e. The van der Waals surface area contributed by atoms with Crippen molar-refractivity contribution in [2.45, 2.75) is 38.0 Å². The molecule has 2 fully saturated rings. The van der Waals surface area contributed by atoms with E-state index in [4.69, 9.17) is 0 Å². The molecule has 2 aromatic rings. The Morgan fingerprint density at radius 2 is 2.00 bits per heavy atom. The second kappa shape index (κ2) is 6.24. The first-order chi connectivity index (χ1) is 12.1. The van der Waals surface area contributed by atoms with Crippen molar-refractivity contribution in [3.8, 4) is 0 Å². The summed E-state index contributed by atoms with van der Waals surface area (Å²) < 4.78 is 15.0. The number of aryl methyl sites for hydroxylation is 1. The summed E-state index contributed by atoms with van der Waals surface area (Å²) in [4.78, 5) is 14.8. The van der Waals surface area contributed by atoms with Crippen LogP contribution in [0.1, 0.15) is 43.0 Å². The maximum atomic E-state index is 13.1. The molecule has 132 valence electrons. The van der Waals surface area contributed by atoms with Gasteiger partial charge in [0.05, 0.1) is 6.42 Å². The Kier molecular flexibility index (Phi) is 4.06. The van der Waals surface area contributed by atoms with Crippen LogP contribution in [-0.4, -0.2) is 38.7 Å². The van der Waals surface area contributed by atoms with Gasteiger partial charge >= 0.3 is 0 Å². The van der Waals surface area contributed by atoms with Gasteiger partial charge in [0.2, 0.25) is 5.91 Å². The molecule has 1 unspecified atom stereocenters. The molecular weight excluding hydrogens is 319 g/mol. The number of nitrogens with zero attached hydrogens (tertiary/aromatic N) is 4. The third kappa shape index (κ3) is 2.94. The highest BCUT2D eigenvalue weighted by atomic mass is 19.1. The van der Waals surface area contributed by atoms with Gasteiger partial charge in [-0.2, -0.15) is 0 Å². The fourth-order valence-corrected chi connectivity index (χ4v) is 4.60. The zero-order valence-electron chi connectivity index (χ0n) is 14.5. The van der Waals surface area contributed by atoms with E-state index in [1.165, 1.54) is 25.0 Å². The number of hydrogen-bond donors (Lipinski definition) is 0. The minimum absolute atomic E-state index is 0.113. The molecule has 1 spiro atoms. The largest absolute Gasteiger partial charge is 0.341 e. The van der Waals surface area contributed by atoms with Crippen molar-refractivity contribution in [3.63, 3.8) is 0 Å². The standard InChI is InChI=1S/C19H23FN4O/c1-23-13-21-22-18(23)16-11-24(12-19(16)8-2-3-9-19)17(25)10-14-4-6-15(20)7-5-14/h4-7,13,16H,2-3,8-12H2,1H3. The molecule has 1 atom stereocenters. The highest BCUT2D eigenvalue weighted by Gasteiger charge is 2.51. The summed E-state index contributed by atoms with van der Waals surface area (Å²) >= 11 is 0. The summed E-state index contributed by atoms with van der Waals surface area (Å²) in [6.07, 6.45) is 6.78. The van der Waals surface area contributed by atoms with Gasteiger partial charge in [-0.25, -0.2) is 4.39 Å². The van der Waals surface area contributed by atoms with E-state index in [1.54, 1.807) is 18.5 Å². The van der Waals surface area contributed by atoms with Crippen LogP contribution in [0.2, 0.25) is 0 Å². The fraction of sp³-hybridized carbons (Fsp3) is 0.526. The third-order valence-electron chi connectivity index (χ3n) is 5.93. The lowest BCUT2D eigenvalue weighted by Crippen LogP contribution is -2.32. The number of carbonyl (C=O) groups excluding carboxylic acids is 1. The Morgan fingerprint density at radius 3 is 2.64 bits per heavy atom. The maximum Gasteiger partial charge on any atom is 0.227 e. The van der Waals surface area contributed by atoms with Crippen LogP contribution in [0.3, 0.4) is 0 Å². The Hall–Kier alpha value is -2.24. The quantitative estimate of drug-likeness (QED) is 0.862. The molecule has 25 heavy (non-hydrogen) atoms. The molecule has 4 rings (SSSR count). The zero-order valence-corrected chi connectivity index (χ0v) is 14.5. The van der Waals surface area contributed by atoms with E-state index in [9.17, 15) is 9.18 Å². The molecule has 1 saturated heterocycles. The van der Waals surface area contributed by atoms with Gasteiger partial charge in [0.25, 0.3) is 0 Å². The third-order valence-corrected chi connectivity index (χ3v) is 5.93. The Bertz CT molecular complexity index is 764. The van der Waals surface area contributed by atoms with Gasteiger partial charge in [-0.15, -0.1) is 10.2 Å². The average molecular weight is 342 g/mol. The van der Waals surface area contributed by atoms with E-state index in [0.29, 0.717) is 13.0 Å². The zero-order chi connectivity index (χ0) is 17.4. The van der Waals surface area contributed by atoms with Crippen LogP contribution in [0.5, 0.6) is 0 Å². The number of likely N-dealkylation sites (tertiary alicyclic amines) is 1. The average Bonchev–Trinajstić information content (AvgIpc) is 3.31. The van der Waals surface area contributed by atoms with Crippen molar-refractivity contribution in [1.82, 2.24) is 19.7 Å². The number of amides is 1. The Balaban J connectivity index is 1.54. The summed E-state index contributed by atoms with van der Waals surface area (Å²) in [6.45, 7) is 1.50. The van der Waals surface area contributed by atoms with E-state index in [0.717, 1.165) is 30.8 Å². The maximum absolute atomic E-state index is 13.1. The van der Waals surface area contributed by atoms with E-state index in [1.807, 2.05) is 16.5 Å². The molecule has 0 bridgehead atoms. The molecule has 1 aromatic carbocycles. The molecule has 1 saturated carbocycles. The second-order valence-electron chi connectivity index (χ2n) is 7.50. The van der Waals surface area contributed by atoms with Gasteiger partial charge in [-0.1, -0.05) is 25.0 Å². The molecular formula is C19H23FN4O. The SMILES string of the molecule is Cn1cnnc1C1CN(C(=O)Cc2ccc(F)cc2)CC12CCCC2.